The van der Waals surface area contributed by atoms with E-state index >= 15 is 0 Å². The van der Waals surface area contributed by atoms with Gasteiger partial charge in [-0.05, 0) is 19.3 Å². The summed E-state index contributed by atoms with van der Waals surface area (Å²) in [5, 5.41) is 9.09. The van der Waals surface area contributed by atoms with Crippen LogP contribution in [0, 0.1) is 5.92 Å². The predicted molar refractivity (Wildman–Crippen MR) is 55.9 cm³/mol. The fraction of sp³-hybridized carbons (Fsp3) is 0.909. The number of hydrogen-bond donors (Lipinski definition) is 1. The van der Waals surface area contributed by atoms with Gasteiger partial charge in [0.05, 0.1) is 0 Å². The van der Waals surface area contributed by atoms with Crippen molar-refractivity contribution in [2.75, 3.05) is 13.6 Å². The Hall–Kier alpha value is -0.570. The number of carbonyl (C=O) groups excluding carboxylic acids is 1. The van der Waals surface area contributed by atoms with Gasteiger partial charge in [0.2, 0.25) is 0 Å². The molecule has 14 heavy (non-hydrogen) atoms. The molecule has 0 bridgehead atoms. The molecule has 0 radical (unpaired) electrons. The Morgan fingerprint density at radius 3 is 2.57 bits per heavy atom. The zero-order valence-electron chi connectivity index (χ0n) is 9.20. The Labute approximate surface area is 86.1 Å². The standard InChI is InChI=1S/C11H21NO2/c1-9(13)11(14)12(2)8-7-10-5-3-4-6-10/h9-10,13H,3-8H2,1-2H3. The maximum Gasteiger partial charge on any atom is 0.250 e. The summed E-state index contributed by atoms with van der Waals surface area (Å²) in [5.41, 5.74) is 0. The van der Waals surface area contributed by atoms with Crippen molar-refractivity contribution in [3.63, 3.8) is 0 Å². The van der Waals surface area contributed by atoms with E-state index in [0.29, 0.717) is 0 Å². The van der Waals surface area contributed by atoms with Crippen LogP contribution >= 0.6 is 0 Å². The molecule has 1 aliphatic rings. The van der Waals surface area contributed by atoms with Gasteiger partial charge in [-0.25, -0.2) is 0 Å². The number of amides is 1. The van der Waals surface area contributed by atoms with Gasteiger partial charge in [0.1, 0.15) is 6.10 Å². The van der Waals surface area contributed by atoms with Crippen molar-refractivity contribution in [3.05, 3.63) is 0 Å². The highest BCUT2D eigenvalue weighted by Gasteiger charge is 2.18. The van der Waals surface area contributed by atoms with Gasteiger partial charge in [-0.15, -0.1) is 0 Å². The van der Waals surface area contributed by atoms with E-state index in [9.17, 15) is 4.79 Å². The third-order valence-corrected chi connectivity index (χ3v) is 3.08. The minimum Gasteiger partial charge on any atom is -0.384 e. The van der Waals surface area contributed by atoms with Crippen LogP contribution in [-0.2, 0) is 4.79 Å². The zero-order valence-corrected chi connectivity index (χ0v) is 9.20. The van der Waals surface area contributed by atoms with Crippen molar-refractivity contribution < 1.29 is 9.90 Å². The van der Waals surface area contributed by atoms with Gasteiger partial charge < -0.3 is 10.0 Å². The quantitative estimate of drug-likeness (QED) is 0.743. The van der Waals surface area contributed by atoms with Crippen LogP contribution in [0.5, 0.6) is 0 Å². The van der Waals surface area contributed by atoms with Crippen LogP contribution in [0.1, 0.15) is 39.0 Å². The van der Waals surface area contributed by atoms with Crippen molar-refractivity contribution in [3.8, 4) is 0 Å². The summed E-state index contributed by atoms with van der Waals surface area (Å²) in [6.45, 7) is 2.31. The molecular weight excluding hydrogens is 178 g/mol. The average molecular weight is 199 g/mol. The number of rotatable bonds is 4. The van der Waals surface area contributed by atoms with Gasteiger partial charge in [0, 0.05) is 13.6 Å². The first kappa shape index (κ1) is 11.5. The summed E-state index contributed by atoms with van der Waals surface area (Å²) in [4.78, 5) is 13.0. The van der Waals surface area contributed by atoms with E-state index in [1.54, 1.807) is 11.9 Å². The van der Waals surface area contributed by atoms with E-state index in [1.807, 2.05) is 0 Å². The largest absolute Gasteiger partial charge is 0.384 e. The Kier molecular flexibility index (Phi) is 4.39. The molecule has 1 rings (SSSR count). The maximum absolute atomic E-state index is 11.3. The molecule has 1 atom stereocenters. The number of aliphatic hydroxyl groups excluding tert-OH is 1. The van der Waals surface area contributed by atoms with Gasteiger partial charge in [-0.2, -0.15) is 0 Å². The summed E-state index contributed by atoms with van der Waals surface area (Å²) in [7, 11) is 1.77. The molecule has 0 aromatic carbocycles. The number of aliphatic hydroxyl groups is 1. The zero-order chi connectivity index (χ0) is 10.6. The molecule has 1 N–H and O–H groups in total. The smallest absolute Gasteiger partial charge is 0.250 e. The van der Waals surface area contributed by atoms with Gasteiger partial charge in [-0.3, -0.25) is 4.79 Å². The molecular formula is C11H21NO2. The minimum absolute atomic E-state index is 0.164. The molecule has 1 saturated carbocycles. The third kappa shape index (κ3) is 3.29. The molecule has 1 unspecified atom stereocenters. The van der Waals surface area contributed by atoms with Crippen LogP contribution in [-0.4, -0.2) is 35.6 Å². The summed E-state index contributed by atoms with van der Waals surface area (Å²) >= 11 is 0. The second-order valence-electron chi connectivity index (χ2n) is 4.37. The Balaban J connectivity index is 2.19. The Morgan fingerprint density at radius 2 is 2.07 bits per heavy atom. The summed E-state index contributed by atoms with van der Waals surface area (Å²) in [6.07, 6.45) is 5.56. The molecule has 1 amide bonds. The van der Waals surface area contributed by atoms with E-state index in [2.05, 4.69) is 0 Å². The molecule has 1 aliphatic carbocycles. The van der Waals surface area contributed by atoms with Crippen LogP contribution in [0.2, 0.25) is 0 Å². The van der Waals surface area contributed by atoms with E-state index < -0.39 is 6.10 Å². The third-order valence-electron chi connectivity index (χ3n) is 3.08. The second kappa shape index (κ2) is 5.35. The molecule has 0 aromatic rings. The highest BCUT2D eigenvalue weighted by molar-refractivity contribution is 5.79. The fourth-order valence-electron chi connectivity index (χ4n) is 2.10. The number of hydrogen-bond acceptors (Lipinski definition) is 2. The van der Waals surface area contributed by atoms with Crippen LogP contribution in [0.4, 0.5) is 0 Å². The normalized spacial score (nSPS) is 19.6. The monoisotopic (exact) mass is 199 g/mol. The lowest BCUT2D eigenvalue weighted by molar-refractivity contribution is -0.138. The van der Waals surface area contributed by atoms with Crippen molar-refractivity contribution >= 4 is 5.91 Å². The van der Waals surface area contributed by atoms with E-state index in [0.717, 1.165) is 18.9 Å². The Morgan fingerprint density at radius 1 is 1.50 bits per heavy atom. The number of likely N-dealkylation sites (N-methyl/N-ethyl adjacent to an activating group) is 1. The minimum atomic E-state index is -0.858. The second-order valence-corrected chi connectivity index (χ2v) is 4.37. The molecule has 82 valence electrons. The van der Waals surface area contributed by atoms with Crippen molar-refractivity contribution in [1.29, 1.82) is 0 Å². The van der Waals surface area contributed by atoms with Crippen LogP contribution in [0.15, 0.2) is 0 Å². The first-order valence-corrected chi connectivity index (χ1v) is 5.54. The molecule has 0 saturated heterocycles. The molecule has 1 fully saturated rings. The van der Waals surface area contributed by atoms with Gasteiger partial charge in [-0.1, -0.05) is 25.7 Å². The maximum atomic E-state index is 11.3. The number of nitrogens with zero attached hydrogens (tertiary/aromatic N) is 1. The van der Waals surface area contributed by atoms with Crippen LogP contribution < -0.4 is 0 Å². The van der Waals surface area contributed by atoms with Crippen molar-refractivity contribution in [2.24, 2.45) is 5.92 Å². The van der Waals surface area contributed by atoms with E-state index in [4.69, 9.17) is 5.11 Å². The lowest BCUT2D eigenvalue weighted by Gasteiger charge is -2.20. The summed E-state index contributed by atoms with van der Waals surface area (Å²) < 4.78 is 0. The van der Waals surface area contributed by atoms with Crippen molar-refractivity contribution in [2.45, 2.75) is 45.1 Å². The first-order valence-electron chi connectivity index (χ1n) is 5.54. The van der Waals surface area contributed by atoms with Gasteiger partial charge >= 0.3 is 0 Å². The van der Waals surface area contributed by atoms with Gasteiger partial charge in [0.15, 0.2) is 0 Å². The lowest BCUT2D eigenvalue weighted by atomic mass is 10.0. The van der Waals surface area contributed by atoms with Crippen LogP contribution in [0.25, 0.3) is 0 Å². The number of carbonyl (C=O) groups is 1. The van der Waals surface area contributed by atoms with E-state index in [1.165, 1.54) is 32.6 Å². The summed E-state index contributed by atoms with van der Waals surface area (Å²) in [6, 6.07) is 0. The molecule has 0 aromatic heterocycles. The molecule has 0 heterocycles. The topological polar surface area (TPSA) is 40.5 Å². The highest BCUT2D eigenvalue weighted by Crippen LogP contribution is 2.27. The van der Waals surface area contributed by atoms with Crippen molar-refractivity contribution in [1.82, 2.24) is 4.90 Å². The Bertz CT molecular complexity index is 186. The SMILES string of the molecule is CC(O)C(=O)N(C)CCC1CCCC1. The molecule has 0 aliphatic heterocycles. The van der Waals surface area contributed by atoms with E-state index in [-0.39, 0.29) is 5.91 Å². The molecule has 3 nitrogen and oxygen atoms in total. The van der Waals surface area contributed by atoms with Crippen LogP contribution in [0.3, 0.4) is 0 Å². The fourth-order valence-corrected chi connectivity index (χ4v) is 2.10. The molecule has 0 spiro atoms. The first-order chi connectivity index (χ1) is 6.61. The average Bonchev–Trinajstić information content (AvgIpc) is 2.65. The highest BCUT2D eigenvalue weighted by atomic mass is 16.3. The predicted octanol–water partition coefficient (Wildman–Crippen LogP) is 1.41. The molecule has 3 heteroatoms. The lowest BCUT2D eigenvalue weighted by Crippen LogP contribution is -2.35. The van der Waals surface area contributed by atoms with Gasteiger partial charge in [0.25, 0.3) is 5.91 Å². The summed E-state index contributed by atoms with van der Waals surface area (Å²) in [5.74, 6) is 0.641.